The van der Waals surface area contributed by atoms with Crippen molar-refractivity contribution in [2.45, 2.75) is 65.6 Å². The molecule has 0 saturated carbocycles. The van der Waals surface area contributed by atoms with Gasteiger partial charge in [-0.2, -0.15) is 0 Å². The maximum Gasteiger partial charge on any atom is 0.231 e. The van der Waals surface area contributed by atoms with Crippen LogP contribution in [-0.4, -0.2) is 27.8 Å². The average molecular weight is 434 g/mol. The summed E-state index contributed by atoms with van der Waals surface area (Å²) < 4.78 is 13.5. The van der Waals surface area contributed by atoms with Gasteiger partial charge < -0.3 is 14.0 Å². The van der Waals surface area contributed by atoms with Crippen LogP contribution in [0.15, 0.2) is 54.7 Å². The summed E-state index contributed by atoms with van der Waals surface area (Å²) in [6.07, 6.45) is 8.08. The van der Waals surface area contributed by atoms with Crippen molar-refractivity contribution < 1.29 is 9.47 Å². The van der Waals surface area contributed by atoms with Gasteiger partial charge in [-0.05, 0) is 37.1 Å². The molecule has 0 saturated heterocycles. The molecule has 0 spiro atoms. The van der Waals surface area contributed by atoms with Gasteiger partial charge in [0.25, 0.3) is 0 Å². The van der Waals surface area contributed by atoms with Crippen LogP contribution in [0.25, 0.3) is 11.4 Å². The lowest BCUT2D eigenvalue weighted by molar-refractivity contribution is 0.174. The molecule has 4 rings (SSSR count). The molecule has 3 aromatic rings. The second kappa shape index (κ2) is 11.2. The van der Waals surface area contributed by atoms with Crippen molar-refractivity contribution in [2.75, 3.05) is 13.3 Å². The smallest absolute Gasteiger partial charge is 0.231 e. The number of nitrogens with zero attached hydrogens (tertiary/aromatic N) is 3. The molecule has 170 valence electrons. The number of ether oxygens (including phenoxy) is 2. The fraction of sp³-hybridized carbons (Fsp3) is 0.444. The van der Waals surface area contributed by atoms with Crippen molar-refractivity contribution in [3.05, 3.63) is 66.0 Å². The third-order valence-electron chi connectivity index (χ3n) is 6.01. The summed E-state index contributed by atoms with van der Waals surface area (Å²) in [5.74, 6) is 2.78. The Morgan fingerprint density at radius 1 is 0.906 bits per heavy atom. The second-order valence-corrected chi connectivity index (χ2v) is 8.55. The molecule has 1 aromatic heterocycles. The quantitative estimate of drug-likeness (QED) is 0.316. The molecule has 0 bridgehead atoms. The second-order valence-electron chi connectivity index (χ2n) is 8.55. The van der Waals surface area contributed by atoms with Crippen LogP contribution in [0.4, 0.5) is 0 Å². The molecular formula is C27H35N3O2. The molecular weight excluding hydrogens is 398 g/mol. The summed E-state index contributed by atoms with van der Waals surface area (Å²) in [6.45, 7) is 8.67. The van der Waals surface area contributed by atoms with Gasteiger partial charge in [0.05, 0.1) is 11.9 Å². The lowest BCUT2D eigenvalue weighted by Crippen LogP contribution is -2.25. The van der Waals surface area contributed by atoms with E-state index < -0.39 is 0 Å². The number of imidazole rings is 1. The zero-order valence-corrected chi connectivity index (χ0v) is 19.4. The van der Waals surface area contributed by atoms with E-state index in [1.165, 1.54) is 42.5 Å². The highest BCUT2D eigenvalue weighted by atomic mass is 16.7. The molecule has 1 aliphatic heterocycles. The van der Waals surface area contributed by atoms with E-state index >= 15 is 0 Å². The standard InChI is InChI=1S/C27H35N3O2/c1-3-5-10-15-29(19-22-13-14-25-26(17-22)32-21-31-25)20-24-18-28-27(30(24)16-6-4-2)23-11-8-7-9-12-23/h7-9,11-14,17-18H,3-6,10,15-16,19-21H2,1-2H3. The Morgan fingerprint density at radius 3 is 2.53 bits per heavy atom. The van der Waals surface area contributed by atoms with E-state index in [2.05, 4.69) is 72.0 Å². The Bertz CT molecular complexity index is 984. The highest BCUT2D eigenvalue weighted by molar-refractivity contribution is 5.55. The molecule has 0 atom stereocenters. The highest BCUT2D eigenvalue weighted by Gasteiger charge is 2.17. The number of benzene rings is 2. The monoisotopic (exact) mass is 433 g/mol. The van der Waals surface area contributed by atoms with Gasteiger partial charge in [0.2, 0.25) is 6.79 Å². The first-order chi connectivity index (χ1) is 15.8. The summed E-state index contributed by atoms with van der Waals surface area (Å²) in [6, 6.07) is 16.9. The van der Waals surface area contributed by atoms with E-state index in [-0.39, 0.29) is 0 Å². The van der Waals surface area contributed by atoms with E-state index in [0.29, 0.717) is 6.79 Å². The van der Waals surface area contributed by atoms with Crippen LogP contribution in [-0.2, 0) is 19.6 Å². The minimum Gasteiger partial charge on any atom is -0.454 e. The molecule has 0 aliphatic carbocycles. The van der Waals surface area contributed by atoms with Crippen LogP contribution < -0.4 is 9.47 Å². The fourth-order valence-electron chi connectivity index (χ4n) is 4.25. The maximum absolute atomic E-state index is 5.60. The van der Waals surface area contributed by atoms with Gasteiger partial charge in [0.15, 0.2) is 11.5 Å². The van der Waals surface area contributed by atoms with Gasteiger partial charge in [0.1, 0.15) is 5.82 Å². The van der Waals surface area contributed by atoms with Gasteiger partial charge in [-0.25, -0.2) is 4.98 Å². The largest absolute Gasteiger partial charge is 0.454 e. The molecule has 5 nitrogen and oxygen atoms in total. The predicted molar refractivity (Wildman–Crippen MR) is 129 cm³/mol. The Balaban J connectivity index is 1.56. The van der Waals surface area contributed by atoms with Crippen molar-refractivity contribution in [3.63, 3.8) is 0 Å². The summed E-state index contributed by atoms with van der Waals surface area (Å²) in [5.41, 5.74) is 3.73. The molecule has 0 radical (unpaired) electrons. The number of aromatic nitrogens is 2. The first-order valence-electron chi connectivity index (χ1n) is 12.0. The number of rotatable bonds is 12. The molecule has 2 aromatic carbocycles. The lowest BCUT2D eigenvalue weighted by Gasteiger charge is -2.24. The Labute approximate surface area is 192 Å². The summed E-state index contributed by atoms with van der Waals surface area (Å²) in [4.78, 5) is 7.39. The normalized spacial score (nSPS) is 12.6. The van der Waals surface area contributed by atoms with Crippen LogP contribution in [0.3, 0.4) is 0 Å². The molecule has 32 heavy (non-hydrogen) atoms. The predicted octanol–water partition coefficient (Wildman–Crippen LogP) is 6.27. The number of fused-ring (bicyclic) bond motifs is 1. The molecule has 0 unspecified atom stereocenters. The van der Waals surface area contributed by atoms with Crippen molar-refractivity contribution >= 4 is 0 Å². The Kier molecular flexibility index (Phi) is 7.83. The maximum atomic E-state index is 5.60. The SMILES string of the molecule is CCCCCN(Cc1ccc2c(c1)OCO2)Cc1cnc(-c2ccccc2)n1CCCC. The van der Waals surface area contributed by atoms with Crippen LogP contribution in [0, 0.1) is 0 Å². The minimum absolute atomic E-state index is 0.317. The van der Waals surface area contributed by atoms with Crippen LogP contribution in [0.1, 0.15) is 57.2 Å². The minimum atomic E-state index is 0.317. The van der Waals surface area contributed by atoms with E-state index in [9.17, 15) is 0 Å². The third kappa shape index (κ3) is 5.52. The molecule has 5 heteroatoms. The van der Waals surface area contributed by atoms with E-state index in [1.807, 2.05) is 6.07 Å². The average Bonchev–Trinajstić information content (AvgIpc) is 3.45. The van der Waals surface area contributed by atoms with Crippen molar-refractivity contribution in [3.8, 4) is 22.9 Å². The zero-order valence-electron chi connectivity index (χ0n) is 19.4. The van der Waals surface area contributed by atoms with Gasteiger partial charge in [-0.3, -0.25) is 4.90 Å². The number of hydrogen-bond donors (Lipinski definition) is 0. The van der Waals surface area contributed by atoms with Crippen LogP contribution >= 0.6 is 0 Å². The van der Waals surface area contributed by atoms with Crippen LogP contribution in [0.2, 0.25) is 0 Å². The van der Waals surface area contributed by atoms with Gasteiger partial charge in [0, 0.05) is 25.2 Å². The number of unbranched alkanes of at least 4 members (excludes halogenated alkanes) is 3. The van der Waals surface area contributed by atoms with E-state index in [0.717, 1.165) is 49.9 Å². The zero-order chi connectivity index (χ0) is 22.2. The van der Waals surface area contributed by atoms with Gasteiger partial charge >= 0.3 is 0 Å². The first-order valence-corrected chi connectivity index (χ1v) is 12.0. The molecule has 0 amide bonds. The molecule has 0 N–H and O–H groups in total. The summed E-state index contributed by atoms with van der Waals surface area (Å²) in [5, 5.41) is 0. The Hall–Kier alpha value is -2.79. The van der Waals surface area contributed by atoms with E-state index in [4.69, 9.17) is 14.5 Å². The fourth-order valence-corrected chi connectivity index (χ4v) is 4.25. The van der Waals surface area contributed by atoms with E-state index in [1.54, 1.807) is 0 Å². The van der Waals surface area contributed by atoms with Crippen molar-refractivity contribution in [2.24, 2.45) is 0 Å². The van der Waals surface area contributed by atoms with Crippen molar-refractivity contribution in [1.29, 1.82) is 0 Å². The van der Waals surface area contributed by atoms with Gasteiger partial charge in [-0.1, -0.05) is 69.5 Å². The lowest BCUT2D eigenvalue weighted by atomic mass is 10.1. The summed E-state index contributed by atoms with van der Waals surface area (Å²) >= 11 is 0. The number of hydrogen-bond acceptors (Lipinski definition) is 4. The first kappa shape index (κ1) is 22.4. The molecule has 0 fully saturated rings. The molecule has 1 aliphatic rings. The van der Waals surface area contributed by atoms with Crippen LogP contribution in [0.5, 0.6) is 11.5 Å². The summed E-state index contributed by atoms with van der Waals surface area (Å²) in [7, 11) is 0. The Morgan fingerprint density at radius 2 is 1.72 bits per heavy atom. The van der Waals surface area contributed by atoms with Gasteiger partial charge in [-0.15, -0.1) is 0 Å². The topological polar surface area (TPSA) is 39.5 Å². The molecule has 2 heterocycles. The third-order valence-corrected chi connectivity index (χ3v) is 6.01. The van der Waals surface area contributed by atoms with Crippen molar-refractivity contribution in [1.82, 2.24) is 14.5 Å². The highest BCUT2D eigenvalue weighted by Crippen LogP contribution is 2.33.